The molecule has 1 aromatic carbocycles. The van der Waals surface area contributed by atoms with E-state index in [1.54, 1.807) is 6.07 Å². The maximum atomic E-state index is 12.0. The van der Waals surface area contributed by atoms with Gasteiger partial charge in [0.25, 0.3) is 0 Å². The zero-order chi connectivity index (χ0) is 13.6. The smallest absolute Gasteiger partial charge is 0.245 e. The summed E-state index contributed by atoms with van der Waals surface area (Å²) in [7, 11) is -3.46. The lowest BCUT2D eigenvalue weighted by molar-refractivity contribution is -0.116. The van der Waals surface area contributed by atoms with Crippen molar-refractivity contribution in [2.45, 2.75) is 17.6 Å². The fourth-order valence-electron chi connectivity index (χ4n) is 1.73. The quantitative estimate of drug-likeness (QED) is 0.827. The number of anilines is 1. The van der Waals surface area contributed by atoms with Crippen LogP contribution in [0, 0.1) is 0 Å². The Balaban J connectivity index is 2.26. The van der Waals surface area contributed by atoms with Gasteiger partial charge in [0, 0.05) is 6.26 Å². The van der Waals surface area contributed by atoms with Crippen molar-refractivity contribution in [3.05, 3.63) is 23.2 Å². The van der Waals surface area contributed by atoms with Gasteiger partial charge in [0.05, 0.1) is 10.7 Å². The maximum absolute atomic E-state index is 12.0. The Morgan fingerprint density at radius 1 is 1.44 bits per heavy atom. The number of rotatable bonds is 3. The molecule has 1 aliphatic rings. The Morgan fingerprint density at radius 2 is 2.06 bits per heavy atom. The van der Waals surface area contributed by atoms with Crippen molar-refractivity contribution in [2.75, 3.05) is 11.6 Å². The minimum absolute atomic E-state index is 0.0944. The van der Waals surface area contributed by atoms with Crippen molar-refractivity contribution < 1.29 is 18.3 Å². The number of carbonyl (C=O) groups excluding carboxylic acids is 1. The Bertz CT molecular complexity index is 607. The number of benzene rings is 1. The highest BCUT2D eigenvalue weighted by atomic mass is 35.5. The first-order valence-electron chi connectivity index (χ1n) is 5.26. The van der Waals surface area contributed by atoms with Crippen molar-refractivity contribution in [3.8, 4) is 5.75 Å². The molecule has 0 bridgehead atoms. The summed E-state index contributed by atoms with van der Waals surface area (Å²) in [4.78, 5) is 12.0. The molecule has 7 heteroatoms. The Labute approximate surface area is 110 Å². The summed E-state index contributed by atoms with van der Waals surface area (Å²) in [5, 5.41) is 12.1. The van der Waals surface area contributed by atoms with Gasteiger partial charge in [-0.15, -0.1) is 0 Å². The fraction of sp³-hybridized carbons (Fsp3) is 0.364. The third-order valence-corrected chi connectivity index (χ3v) is 5.38. The van der Waals surface area contributed by atoms with Gasteiger partial charge in [0.1, 0.15) is 0 Å². The molecular formula is C11H12ClNO4S. The van der Waals surface area contributed by atoms with E-state index in [2.05, 4.69) is 5.32 Å². The van der Waals surface area contributed by atoms with Gasteiger partial charge in [-0.25, -0.2) is 8.42 Å². The Kier molecular flexibility index (Phi) is 3.03. The lowest BCUT2D eigenvalue weighted by Gasteiger charge is -2.14. The highest BCUT2D eigenvalue weighted by Gasteiger charge is 2.58. The SMILES string of the molecule is CS(=O)(=O)C1(C(=O)Nc2cccc(Cl)c2O)CC1. The molecule has 2 rings (SSSR count). The van der Waals surface area contributed by atoms with Crippen LogP contribution < -0.4 is 5.32 Å². The van der Waals surface area contributed by atoms with E-state index in [9.17, 15) is 18.3 Å². The second kappa shape index (κ2) is 4.13. The molecule has 1 saturated carbocycles. The number of halogens is 1. The number of sulfone groups is 1. The number of carbonyl (C=O) groups is 1. The predicted octanol–water partition coefficient (Wildman–Crippen LogP) is 1.56. The van der Waals surface area contributed by atoms with E-state index in [1.807, 2.05) is 0 Å². The number of phenolic OH excluding ortho intramolecular Hbond substituents is 1. The highest BCUT2D eigenvalue weighted by Crippen LogP contribution is 2.44. The second-order valence-electron chi connectivity index (χ2n) is 4.36. The number of para-hydroxylation sites is 1. The van der Waals surface area contributed by atoms with Crippen molar-refractivity contribution >= 4 is 33.0 Å². The van der Waals surface area contributed by atoms with Crippen LogP contribution in [0.3, 0.4) is 0 Å². The first-order chi connectivity index (χ1) is 8.28. The van der Waals surface area contributed by atoms with Gasteiger partial charge in [0.15, 0.2) is 20.3 Å². The third kappa shape index (κ3) is 2.06. The molecule has 0 unspecified atom stereocenters. The van der Waals surface area contributed by atoms with Gasteiger partial charge in [0.2, 0.25) is 5.91 Å². The molecule has 1 fully saturated rings. The van der Waals surface area contributed by atoms with Crippen LogP contribution >= 0.6 is 11.6 Å². The average Bonchev–Trinajstić information content (AvgIpc) is 3.04. The van der Waals surface area contributed by atoms with E-state index < -0.39 is 20.5 Å². The van der Waals surface area contributed by atoms with Gasteiger partial charge in [-0.05, 0) is 25.0 Å². The average molecular weight is 290 g/mol. The lowest BCUT2D eigenvalue weighted by atomic mass is 10.2. The zero-order valence-corrected chi connectivity index (χ0v) is 11.2. The van der Waals surface area contributed by atoms with E-state index in [4.69, 9.17) is 11.6 Å². The van der Waals surface area contributed by atoms with Crippen LogP contribution in [0.5, 0.6) is 5.75 Å². The molecule has 0 radical (unpaired) electrons. The van der Waals surface area contributed by atoms with Crippen LogP contribution in [-0.2, 0) is 14.6 Å². The first-order valence-corrected chi connectivity index (χ1v) is 7.53. The predicted molar refractivity (Wildman–Crippen MR) is 68.6 cm³/mol. The van der Waals surface area contributed by atoms with Crippen molar-refractivity contribution in [3.63, 3.8) is 0 Å². The second-order valence-corrected chi connectivity index (χ2v) is 7.09. The number of amides is 1. The molecule has 1 amide bonds. The third-order valence-electron chi connectivity index (χ3n) is 3.06. The van der Waals surface area contributed by atoms with E-state index in [0.717, 1.165) is 6.26 Å². The van der Waals surface area contributed by atoms with Gasteiger partial charge in [-0.2, -0.15) is 0 Å². The molecule has 0 saturated heterocycles. The summed E-state index contributed by atoms with van der Waals surface area (Å²) >= 11 is 5.70. The van der Waals surface area contributed by atoms with Crippen molar-refractivity contribution in [2.24, 2.45) is 0 Å². The molecule has 0 spiro atoms. The number of phenols is 1. The summed E-state index contributed by atoms with van der Waals surface area (Å²) in [6.45, 7) is 0. The Hall–Kier alpha value is -1.27. The molecule has 98 valence electrons. The molecule has 2 N–H and O–H groups in total. The molecule has 1 aromatic rings. The maximum Gasteiger partial charge on any atom is 0.245 e. The van der Waals surface area contributed by atoms with Gasteiger partial charge < -0.3 is 10.4 Å². The molecule has 0 aliphatic heterocycles. The van der Waals surface area contributed by atoms with E-state index in [0.29, 0.717) is 12.8 Å². The van der Waals surface area contributed by atoms with Crippen LogP contribution in [0.25, 0.3) is 0 Å². The van der Waals surface area contributed by atoms with Crippen molar-refractivity contribution in [1.82, 2.24) is 0 Å². The molecule has 0 heterocycles. The first kappa shape index (κ1) is 13.2. The Morgan fingerprint density at radius 3 is 2.56 bits per heavy atom. The van der Waals surface area contributed by atoms with E-state index in [1.165, 1.54) is 12.1 Å². The standard InChI is InChI=1S/C11H12ClNO4S/c1-18(16,17)11(5-6-11)10(15)13-8-4-2-3-7(12)9(8)14/h2-4,14H,5-6H2,1H3,(H,13,15). The number of nitrogens with one attached hydrogen (secondary N) is 1. The highest BCUT2D eigenvalue weighted by molar-refractivity contribution is 7.93. The summed E-state index contributed by atoms with van der Waals surface area (Å²) in [6.07, 6.45) is 1.65. The van der Waals surface area contributed by atoms with Gasteiger partial charge >= 0.3 is 0 Å². The largest absolute Gasteiger partial charge is 0.504 e. The van der Waals surface area contributed by atoms with E-state index >= 15 is 0 Å². The van der Waals surface area contributed by atoms with Crippen LogP contribution in [0.15, 0.2) is 18.2 Å². The summed E-state index contributed by atoms with van der Waals surface area (Å²) in [6, 6.07) is 4.48. The normalized spacial score (nSPS) is 17.2. The molecule has 18 heavy (non-hydrogen) atoms. The van der Waals surface area contributed by atoms with Gasteiger partial charge in [-0.1, -0.05) is 17.7 Å². The molecular weight excluding hydrogens is 278 g/mol. The van der Waals surface area contributed by atoms with Crippen LogP contribution in [-0.4, -0.2) is 30.4 Å². The van der Waals surface area contributed by atoms with Crippen LogP contribution in [0.2, 0.25) is 5.02 Å². The minimum Gasteiger partial charge on any atom is -0.504 e. The van der Waals surface area contributed by atoms with Crippen LogP contribution in [0.4, 0.5) is 5.69 Å². The van der Waals surface area contributed by atoms with Gasteiger partial charge in [-0.3, -0.25) is 4.79 Å². The number of aromatic hydroxyl groups is 1. The lowest BCUT2D eigenvalue weighted by Crippen LogP contribution is -2.36. The summed E-state index contributed by atoms with van der Waals surface area (Å²) in [5.41, 5.74) is 0.113. The summed E-state index contributed by atoms with van der Waals surface area (Å²) < 4.78 is 21.8. The fourth-order valence-corrected chi connectivity index (χ4v) is 3.14. The molecule has 0 atom stereocenters. The topological polar surface area (TPSA) is 83.5 Å². The molecule has 0 aromatic heterocycles. The number of hydrogen-bond donors (Lipinski definition) is 2. The zero-order valence-electron chi connectivity index (χ0n) is 9.60. The van der Waals surface area contributed by atoms with E-state index in [-0.39, 0.29) is 16.5 Å². The summed E-state index contributed by atoms with van der Waals surface area (Å²) in [5.74, 6) is -0.889. The molecule has 5 nitrogen and oxygen atoms in total. The monoisotopic (exact) mass is 289 g/mol. The molecule has 1 aliphatic carbocycles. The number of hydrogen-bond acceptors (Lipinski definition) is 4. The minimum atomic E-state index is -3.46. The van der Waals surface area contributed by atoms with Crippen molar-refractivity contribution in [1.29, 1.82) is 0 Å². The van der Waals surface area contributed by atoms with Crippen LogP contribution in [0.1, 0.15) is 12.8 Å².